The van der Waals surface area contributed by atoms with Crippen LogP contribution in [0.4, 0.5) is 15.3 Å². The van der Waals surface area contributed by atoms with Crippen molar-refractivity contribution in [1.82, 2.24) is 5.01 Å². The fourth-order valence-corrected chi connectivity index (χ4v) is 0.935. The summed E-state index contributed by atoms with van der Waals surface area (Å²) in [7, 11) is 0. The van der Waals surface area contributed by atoms with Crippen molar-refractivity contribution in [2.45, 2.75) is 0 Å². The minimum absolute atomic E-state index is 0.660. The Morgan fingerprint density at radius 2 is 1.69 bits per heavy atom. The van der Waals surface area contributed by atoms with Gasteiger partial charge in [-0.05, 0) is 12.1 Å². The third-order valence-corrected chi connectivity index (χ3v) is 1.55. The van der Waals surface area contributed by atoms with Gasteiger partial charge in [0, 0.05) is 0 Å². The first-order chi connectivity index (χ1) is 6.27. The lowest BCUT2D eigenvalue weighted by molar-refractivity contribution is 0.0677. The zero-order valence-electron chi connectivity index (χ0n) is 6.56. The predicted molar refractivity (Wildman–Crippen MR) is 43.8 cm³/mol. The van der Waals surface area contributed by atoms with Crippen molar-refractivity contribution in [1.29, 1.82) is 0 Å². The molecule has 0 atom stereocenters. The van der Waals surface area contributed by atoms with Gasteiger partial charge in [-0.25, -0.2) is 9.59 Å². The normalized spacial score (nSPS) is 14.9. The maximum atomic E-state index is 10.7. The number of para-hydroxylation sites is 1. The summed E-state index contributed by atoms with van der Waals surface area (Å²) < 4.78 is 4.11. The number of hydrogen-bond donors (Lipinski definition) is 1. The molecule has 1 N–H and O–H groups in total. The van der Waals surface area contributed by atoms with Gasteiger partial charge in [0.2, 0.25) is 0 Å². The molecule has 2 rings (SSSR count). The first-order valence-electron chi connectivity index (χ1n) is 3.65. The number of hydrazine groups is 1. The third-order valence-electron chi connectivity index (χ3n) is 1.55. The van der Waals surface area contributed by atoms with Crippen molar-refractivity contribution in [3.8, 4) is 0 Å². The van der Waals surface area contributed by atoms with Gasteiger partial charge in [0.25, 0.3) is 0 Å². The number of rotatable bonds is 2. The number of ether oxygens (including phenoxy) is 1. The molecule has 5 heteroatoms. The van der Waals surface area contributed by atoms with E-state index in [1.165, 1.54) is 0 Å². The van der Waals surface area contributed by atoms with Crippen LogP contribution in [0.2, 0.25) is 0 Å². The van der Waals surface area contributed by atoms with E-state index in [4.69, 9.17) is 0 Å². The van der Waals surface area contributed by atoms with Crippen molar-refractivity contribution in [3.63, 3.8) is 0 Å². The van der Waals surface area contributed by atoms with Crippen molar-refractivity contribution < 1.29 is 14.3 Å². The third kappa shape index (κ3) is 1.31. The number of anilines is 1. The van der Waals surface area contributed by atoms with Gasteiger partial charge in [0.1, 0.15) is 0 Å². The molecule has 1 aromatic carbocycles. The Kier molecular flexibility index (Phi) is 1.63. The van der Waals surface area contributed by atoms with Gasteiger partial charge in [0.05, 0.1) is 5.69 Å². The molecule has 66 valence electrons. The topological polar surface area (TPSA) is 58.6 Å². The van der Waals surface area contributed by atoms with E-state index in [-0.39, 0.29) is 0 Å². The standard InChI is InChI=1S/C8H6N2O3/c11-7-10(8(12)13-7)9-6-4-2-1-3-5-6/h1-5,9H. The number of carbonyl (C=O) groups excluding carboxylic acids is 2. The molecule has 1 fully saturated rings. The Morgan fingerprint density at radius 3 is 2.23 bits per heavy atom. The predicted octanol–water partition coefficient (Wildman–Crippen LogP) is 1.59. The van der Waals surface area contributed by atoms with E-state index in [2.05, 4.69) is 10.2 Å². The second-order valence-electron chi connectivity index (χ2n) is 2.45. The fraction of sp³-hybridized carbons (Fsp3) is 0. The summed E-state index contributed by atoms with van der Waals surface area (Å²) in [5, 5.41) is 0.801. The van der Waals surface area contributed by atoms with E-state index >= 15 is 0 Å². The quantitative estimate of drug-likeness (QED) is 0.698. The van der Waals surface area contributed by atoms with Crippen LogP contribution in [0.1, 0.15) is 0 Å². The zero-order chi connectivity index (χ0) is 9.26. The number of benzene rings is 1. The Bertz CT molecular complexity index is 336. The van der Waals surface area contributed by atoms with E-state index < -0.39 is 12.2 Å². The number of carbonyl (C=O) groups is 2. The highest BCUT2D eigenvalue weighted by atomic mass is 16.7. The Labute approximate surface area is 73.9 Å². The van der Waals surface area contributed by atoms with Crippen LogP contribution in [-0.2, 0) is 4.74 Å². The molecule has 0 aliphatic carbocycles. The van der Waals surface area contributed by atoms with Gasteiger partial charge in [-0.2, -0.15) is 0 Å². The van der Waals surface area contributed by atoms with Gasteiger partial charge in [0.15, 0.2) is 0 Å². The minimum atomic E-state index is -0.686. The van der Waals surface area contributed by atoms with Crippen molar-refractivity contribution >= 4 is 17.9 Å². The van der Waals surface area contributed by atoms with Gasteiger partial charge in [-0.3, -0.25) is 5.43 Å². The molecule has 1 saturated heterocycles. The molecule has 1 heterocycles. The van der Waals surface area contributed by atoms with Crippen LogP contribution in [-0.4, -0.2) is 17.2 Å². The van der Waals surface area contributed by atoms with Gasteiger partial charge >= 0.3 is 12.2 Å². The second kappa shape index (κ2) is 2.78. The summed E-state index contributed by atoms with van der Waals surface area (Å²) >= 11 is 0. The molecule has 1 aliphatic rings. The molecule has 13 heavy (non-hydrogen) atoms. The number of cyclic esters (lactones) is 2. The zero-order valence-corrected chi connectivity index (χ0v) is 6.56. The van der Waals surface area contributed by atoms with Crippen LogP contribution in [0.15, 0.2) is 30.3 Å². The van der Waals surface area contributed by atoms with E-state index in [1.54, 1.807) is 24.3 Å². The molecule has 1 aliphatic heterocycles. The summed E-state index contributed by atoms with van der Waals surface area (Å²) in [6.45, 7) is 0. The molecule has 5 nitrogen and oxygen atoms in total. The van der Waals surface area contributed by atoms with Crippen LogP contribution in [0.25, 0.3) is 0 Å². The smallest absolute Gasteiger partial charge is 0.356 e. The summed E-state index contributed by atoms with van der Waals surface area (Å²) in [5.74, 6) is 0. The molecule has 2 amide bonds. The lowest BCUT2D eigenvalue weighted by Crippen LogP contribution is -2.52. The summed E-state index contributed by atoms with van der Waals surface area (Å²) in [6.07, 6.45) is -1.37. The summed E-state index contributed by atoms with van der Waals surface area (Å²) in [6, 6.07) is 8.88. The molecule has 0 unspecified atom stereocenters. The molecule has 1 aromatic rings. The van der Waals surface area contributed by atoms with E-state index in [9.17, 15) is 9.59 Å². The average Bonchev–Trinajstić information content (AvgIpc) is 2.16. The Balaban J connectivity index is 2.07. The summed E-state index contributed by atoms with van der Waals surface area (Å²) in [4.78, 5) is 21.3. The average molecular weight is 178 g/mol. The fourth-order valence-electron chi connectivity index (χ4n) is 0.935. The number of hydrogen-bond acceptors (Lipinski definition) is 4. The van der Waals surface area contributed by atoms with E-state index in [0.717, 1.165) is 5.01 Å². The highest BCUT2D eigenvalue weighted by Crippen LogP contribution is 2.13. The summed E-state index contributed by atoms with van der Waals surface area (Å²) in [5.41, 5.74) is 3.25. The van der Waals surface area contributed by atoms with Crippen LogP contribution >= 0.6 is 0 Å². The van der Waals surface area contributed by atoms with Crippen LogP contribution in [0.5, 0.6) is 0 Å². The lowest BCUT2D eigenvalue weighted by Gasteiger charge is -2.26. The SMILES string of the molecule is O=C1OC(=O)N1Nc1ccccc1. The van der Waals surface area contributed by atoms with Crippen molar-refractivity contribution in [3.05, 3.63) is 30.3 Å². The van der Waals surface area contributed by atoms with Crippen molar-refractivity contribution in [2.75, 3.05) is 5.43 Å². The second-order valence-corrected chi connectivity index (χ2v) is 2.45. The molecule has 0 saturated carbocycles. The number of imide groups is 1. The van der Waals surface area contributed by atoms with Crippen LogP contribution < -0.4 is 5.43 Å². The first kappa shape index (κ1) is 7.60. The van der Waals surface area contributed by atoms with E-state index in [0.29, 0.717) is 5.69 Å². The largest absolute Gasteiger partial charge is 0.447 e. The highest BCUT2D eigenvalue weighted by Gasteiger charge is 2.38. The molecule has 0 radical (unpaired) electrons. The van der Waals surface area contributed by atoms with E-state index in [1.807, 2.05) is 6.07 Å². The molecule has 0 spiro atoms. The van der Waals surface area contributed by atoms with Crippen LogP contribution in [0, 0.1) is 0 Å². The number of amides is 2. The Hall–Kier alpha value is -2.04. The molecule has 0 bridgehead atoms. The Morgan fingerprint density at radius 1 is 1.08 bits per heavy atom. The number of nitrogens with zero attached hydrogens (tertiary/aromatic N) is 1. The molecular weight excluding hydrogens is 172 g/mol. The van der Waals surface area contributed by atoms with Crippen LogP contribution in [0.3, 0.4) is 0 Å². The maximum Gasteiger partial charge on any atom is 0.447 e. The lowest BCUT2D eigenvalue weighted by atomic mass is 10.3. The van der Waals surface area contributed by atoms with Gasteiger partial charge < -0.3 is 4.74 Å². The van der Waals surface area contributed by atoms with Crippen molar-refractivity contribution in [2.24, 2.45) is 0 Å². The first-order valence-corrected chi connectivity index (χ1v) is 3.65. The highest BCUT2D eigenvalue weighted by molar-refractivity contribution is 6.03. The molecular formula is C8H6N2O3. The minimum Gasteiger partial charge on any atom is -0.356 e. The van der Waals surface area contributed by atoms with Gasteiger partial charge in [-0.15, -0.1) is 5.01 Å². The van der Waals surface area contributed by atoms with Gasteiger partial charge in [-0.1, -0.05) is 18.2 Å². The monoisotopic (exact) mass is 178 g/mol. The maximum absolute atomic E-state index is 10.7. The number of nitrogens with one attached hydrogen (secondary N) is 1. The molecule has 0 aromatic heterocycles.